The largest absolute Gasteiger partial charge is 0.326 e. The van der Waals surface area contributed by atoms with Crippen LogP contribution in [0.15, 0.2) is 40.9 Å². The average molecular weight is 353 g/mol. The Morgan fingerprint density at radius 3 is 2.84 bits per heavy atom. The van der Waals surface area contributed by atoms with Crippen molar-refractivity contribution in [3.05, 3.63) is 47.1 Å². The Hall–Kier alpha value is -1.94. The Labute approximate surface area is 151 Å². The molecule has 1 amide bonds. The molecule has 4 heteroatoms. The van der Waals surface area contributed by atoms with E-state index in [1.807, 2.05) is 6.07 Å². The summed E-state index contributed by atoms with van der Waals surface area (Å²) in [7, 11) is -0.150. The molecule has 2 aromatic rings. The number of fused-ring (bicyclic) bond motifs is 2. The van der Waals surface area contributed by atoms with Gasteiger partial charge in [0.25, 0.3) is 0 Å². The summed E-state index contributed by atoms with van der Waals surface area (Å²) in [4.78, 5) is 13.2. The van der Waals surface area contributed by atoms with E-state index >= 15 is 0 Å². The number of aromatic nitrogens is 1. The van der Waals surface area contributed by atoms with E-state index < -0.39 is 0 Å². The maximum atomic E-state index is 11.6. The molecule has 3 aliphatic rings. The molecule has 1 aliphatic carbocycles. The van der Waals surface area contributed by atoms with Gasteiger partial charge in [0.1, 0.15) is 0 Å². The third kappa shape index (κ3) is 2.54. The molecule has 0 radical (unpaired) electrons. The van der Waals surface area contributed by atoms with Crippen molar-refractivity contribution >= 4 is 28.1 Å². The molecule has 1 N–H and O–H groups in total. The molecular formula is C21H24N2OS. The summed E-state index contributed by atoms with van der Waals surface area (Å²) >= 11 is 0. The molecule has 1 fully saturated rings. The van der Waals surface area contributed by atoms with Gasteiger partial charge in [-0.15, -0.1) is 0 Å². The van der Waals surface area contributed by atoms with Gasteiger partial charge in [0.2, 0.25) is 5.91 Å². The summed E-state index contributed by atoms with van der Waals surface area (Å²) in [5, 5.41) is 6.35. The molecule has 1 atom stereocenters. The fraction of sp³-hybridized carbons (Fsp3) is 0.381. The van der Waals surface area contributed by atoms with Gasteiger partial charge in [-0.3, -0.25) is 4.79 Å². The first-order chi connectivity index (χ1) is 12.2. The molecule has 2 aliphatic heterocycles. The highest BCUT2D eigenvalue weighted by Crippen LogP contribution is 2.56. The normalized spacial score (nSPS) is 24.0. The van der Waals surface area contributed by atoms with E-state index in [9.17, 15) is 4.79 Å². The molecule has 1 saturated carbocycles. The van der Waals surface area contributed by atoms with Crippen LogP contribution in [-0.4, -0.2) is 15.7 Å². The number of hydrogen-bond acceptors (Lipinski definition) is 1. The number of amides is 1. The first kappa shape index (κ1) is 15.3. The van der Waals surface area contributed by atoms with Gasteiger partial charge in [0.05, 0.1) is 6.42 Å². The second-order valence-electron chi connectivity index (χ2n) is 7.54. The number of hydrogen-bond donors (Lipinski definition) is 2. The highest BCUT2D eigenvalue weighted by molar-refractivity contribution is 8.20. The Morgan fingerprint density at radius 1 is 1.16 bits per heavy atom. The molecule has 3 heterocycles. The van der Waals surface area contributed by atoms with Crippen molar-refractivity contribution in [2.75, 3.05) is 5.32 Å². The summed E-state index contributed by atoms with van der Waals surface area (Å²) in [6.07, 6.45) is 12.2. The minimum Gasteiger partial charge on any atom is -0.326 e. The molecule has 1 unspecified atom stereocenters. The van der Waals surface area contributed by atoms with Crippen LogP contribution in [0.4, 0.5) is 5.69 Å². The Balaban J connectivity index is 1.50. The number of nitrogens with zero attached hydrogens (tertiary/aromatic N) is 1. The van der Waals surface area contributed by atoms with Gasteiger partial charge < -0.3 is 9.88 Å². The van der Waals surface area contributed by atoms with E-state index in [0.29, 0.717) is 6.42 Å². The molecule has 25 heavy (non-hydrogen) atoms. The van der Waals surface area contributed by atoms with Crippen molar-refractivity contribution in [1.82, 2.24) is 4.57 Å². The van der Waals surface area contributed by atoms with Crippen molar-refractivity contribution in [3.63, 3.8) is 0 Å². The number of nitrogens with one attached hydrogen (secondary N) is 1. The Kier molecular flexibility index (Phi) is 3.56. The smallest absolute Gasteiger partial charge is 0.228 e. The van der Waals surface area contributed by atoms with E-state index in [4.69, 9.17) is 0 Å². The van der Waals surface area contributed by atoms with Gasteiger partial charge in [-0.05, 0) is 59.8 Å². The molecule has 0 spiro atoms. The fourth-order valence-electron chi connectivity index (χ4n) is 4.49. The molecule has 130 valence electrons. The van der Waals surface area contributed by atoms with Crippen molar-refractivity contribution in [2.45, 2.75) is 55.6 Å². The number of carbonyl (C=O) groups is 1. The van der Waals surface area contributed by atoms with Crippen molar-refractivity contribution < 1.29 is 4.79 Å². The summed E-state index contributed by atoms with van der Waals surface area (Å²) in [6.45, 7) is 2.26. The van der Waals surface area contributed by atoms with E-state index in [0.717, 1.165) is 22.2 Å². The number of carbonyl (C=O) groups excluding carboxylic acids is 1. The van der Waals surface area contributed by atoms with E-state index in [-0.39, 0.29) is 16.8 Å². The summed E-state index contributed by atoms with van der Waals surface area (Å²) in [5.74, 6) is 0.0988. The second kappa shape index (κ2) is 5.80. The quantitative estimate of drug-likeness (QED) is 0.730. The van der Waals surface area contributed by atoms with Crippen LogP contribution >= 0.6 is 10.9 Å². The minimum atomic E-state index is -0.150. The van der Waals surface area contributed by atoms with Crippen molar-refractivity contribution in [3.8, 4) is 5.69 Å². The maximum absolute atomic E-state index is 11.6. The predicted molar refractivity (Wildman–Crippen MR) is 106 cm³/mol. The van der Waals surface area contributed by atoms with E-state index in [1.54, 1.807) is 4.90 Å². The van der Waals surface area contributed by atoms with Gasteiger partial charge in [-0.25, -0.2) is 10.9 Å². The van der Waals surface area contributed by atoms with E-state index in [2.05, 4.69) is 46.7 Å². The number of benzene rings is 1. The number of anilines is 1. The average Bonchev–Trinajstić information content (AvgIpc) is 3.29. The zero-order valence-corrected chi connectivity index (χ0v) is 15.5. The van der Waals surface area contributed by atoms with Crippen LogP contribution in [0, 0.1) is 0 Å². The van der Waals surface area contributed by atoms with Crippen molar-refractivity contribution in [2.24, 2.45) is 0 Å². The lowest BCUT2D eigenvalue weighted by molar-refractivity contribution is -0.115. The highest BCUT2D eigenvalue weighted by atomic mass is 32.2. The maximum Gasteiger partial charge on any atom is 0.228 e. The van der Waals surface area contributed by atoms with Crippen LogP contribution in [-0.2, 0) is 11.2 Å². The van der Waals surface area contributed by atoms with Crippen molar-refractivity contribution in [1.29, 1.82) is 0 Å². The lowest BCUT2D eigenvalue weighted by Gasteiger charge is -2.29. The highest BCUT2D eigenvalue weighted by Gasteiger charge is 2.28. The third-order valence-corrected chi connectivity index (χ3v) is 8.70. The molecular weight excluding hydrogens is 328 g/mol. The van der Waals surface area contributed by atoms with Gasteiger partial charge >= 0.3 is 0 Å². The van der Waals surface area contributed by atoms with Crippen LogP contribution in [0.3, 0.4) is 0 Å². The monoisotopic (exact) mass is 352 g/mol. The summed E-state index contributed by atoms with van der Waals surface area (Å²) in [5.41, 5.74) is 6.12. The zero-order chi connectivity index (χ0) is 17.0. The summed E-state index contributed by atoms with van der Waals surface area (Å²) < 4.78 is 2.27. The topological polar surface area (TPSA) is 34.0 Å². The molecule has 1 aromatic heterocycles. The molecule has 5 rings (SSSR count). The number of rotatable bonds is 2. The lowest BCUT2D eigenvalue weighted by atomic mass is 10.0. The molecule has 1 aromatic carbocycles. The van der Waals surface area contributed by atoms with Gasteiger partial charge in [-0.2, -0.15) is 0 Å². The first-order valence-electron chi connectivity index (χ1n) is 9.31. The van der Waals surface area contributed by atoms with Gasteiger partial charge in [0, 0.05) is 34.2 Å². The number of allylic oxidation sites excluding steroid dienone is 1. The molecule has 0 saturated heterocycles. The standard InChI is InChI=1S/C21H24N2OS/c1-14-13-25(17-5-3-2-4-6-17)20-12-23(11-18(14)20)16-7-8-19-15(9-16)10-21(24)22-19/h7-9,11-13,17,25H,2-6,10H2,1H3,(H,22,24). The first-order valence-corrected chi connectivity index (χ1v) is 10.8. The zero-order valence-electron chi connectivity index (χ0n) is 14.6. The molecule has 3 nitrogen and oxygen atoms in total. The van der Waals surface area contributed by atoms with Gasteiger partial charge in [-0.1, -0.05) is 19.3 Å². The van der Waals surface area contributed by atoms with Crippen LogP contribution in [0.25, 0.3) is 11.3 Å². The summed E-state index contributed by atoms with van der Waals surface area (Å²) in [6, 6.07) is 6.30. The van der Waals surface area contributed by atoms with Crippen LogP contribution < -0.4 is 5.32 Å². The number of thiol groups is 1. The van der Waals surface area contributed by atoms with Crippen LogP contribution in [0.2, 0.25) is 0 Å². The van der Waals surface area contributed by atoms with Crippen LogP contribution in [0.1, 0.15) is 50.2 Å². The molecule has 0 bridgehead atoms. The third-order valence-electron chi connectivity index (χ3n) is 5.82. The Morgan fingerprint density at radius 2 is 2.00 bits per heavy atom. The SMILES string of the molecule is CC1=C[SH](C2CCCCC2)c2cn(-c3ccc4c(c3)CC(=O)N4)cc21. The fourth-order valence-corrected chi connectivity index (χ4v) is 7.48. The minimum absolute atomic E-state index is 0.0988. The van der Waals surface area contributed by atoms with Gasteiger partial charge in [0.15, 0.2) is 0 Å². The predicted octanol–water partition coefficient (Wildman–Crippen LogP) is 5.04. The van der Waals surface area contributed by atoms with Crippen LogP contribution in [0.5, 0.6) is 0 Å². The van der Waals surface area contributed by atoms with E-state index in [1.165, 1.54) is 43.2 Å². The lowest BCUT2D eigenvalue weighted by Crippen LogP contribution is -2.11. The second-order valence-corrected chi connectivity index (χ2v) is 9.83. The Bertz CT molecular complexity index is 889.